The highest BCUT2D eigenvalue weighted by molar-refractivity contribution is 7.98. The highest BCUT2D eigenvalue weighted by atomic mass is 32.2. The molecule has 0 aliphatic rings. The predicted octanol–water partition coefficient (Wildman–Crippen LogP) is 1.72. The van der Waals surface area contributed by atoms with E-state index < -0.39 is 12.0 Å². The van der Waals surface area contributed by atoms with Crippen molar-refractivity contribution in [3.63, 3.8) is 0 Å². The van der Waals surface area contributed by atoms with Crippen molar-refractivity contribution in [2.45, 2.75) is 12.5 Å². The molecule has 1 heterocycles. The third-order valence-electron chi connectivity index (χ3n) is 2.70. The van der Waals surface area contributed by atoms with E-state index in [1.54, 1.807) is 11.8 Å². The molecule has 2 aromatic rings. The number of nitrogens with zero attached hydrogens (tertiary/aromatic N) is 4. The number of benzene rings is 1. The fourth-order valence-electron chi connectivity index (χ4n) is 1.76. The third-order valence-corrected chi connectivity index (χ3v) is 3.34. The van der Waals surface area contributed by atoms with Gasteiger partial charge in [0.15, 0.2) is 11.9 Å². The van der Waals surface area contributed by atoms with E-state index in [-0.39, 0.29) is 0 Å². The molecule has 1 aromatic carbocycles. The van der Waals surface area contributed by atoms with Crippen LogP contribution in [0.15, 0.2) is 30.3 Å². The van der Waals surface area contributed by atoms with Gasteiger partial charge in [-0.15, -0.1) is 5.10 Å². The molecule has 1 atom stereocenters. The van der Waals surface area contributed by atoms with E-state index in [1.807, 2.05) is 36.6 Å². The molecule has 7 heteroatoms. The first-order valence-electron chi connectivity index (χ1n) is 5.79. The SMILES string of the molecule is CSCCC(C(=O)O)n1nnnc1-c1ccccc1. The highest BCUT2D eigenvalue weighted by Crippen LogP contribution is 2.21. The number of carbonyl (C=O) groups is 1. The van der Waals surface area contributed by atoms with E-state index in [1.165, 1.54) is 4.68 Å². The van der Waals surface area contributed by atoms with Gasteiger partial charge in [0, 0.05) is 5.56 Å². The molecule has 0 radical (unpaired) electrons. The van der Waals surface area contributed by atoms with Gasteiger partial charge >= 0.3 is 5.97 Å². The van der Waals surface area contributed by atoms with Crippen molar-refractivity contribution in [2.75, 3.05) is 12.0 Å². The van der Waals surface area contributed by atoms with Gasteiger partial charge < -0.3 is 5.11 Å². The topological polar surface area (TPSA) is 80.9 Å². The molecule has 0 aliphatic carbocycles. The van der Waals surface area contributed by atoms with Crippen LogP contribution in [0, 0.1) is 0 Å². The number of thioether (sulfide) groups is 1. The van der Waals surface area contributed by atoms with Crippen LogP contribution in [-0.4, -0.2) is 43.3 Å². The lowest BCUT2D eigenvalue weighted by molar-refractivity contribution is -0.141. The van der Waals surface area contributed by atoms with Gasteiger partial charge in [0.2, 0.25) is 0 Å². The Hall–Kier alpha value is -1.89. The van der Waals surface area contributed by atoms with Crippen molar-refractivity contribution in [2.24, 2.45) is 0 Å². The van der Waals surface area contributed by atoms with Gasteiger partial charge in [-0.3, -0.25) is 0 Å². The number of hydrogen-bond acceptors (Lipinski definition) is 5. The van der Waals surface area contributed by atoms with E-state index in [0.29, 0.717) is 12.2 Å². The van der Waals surface area contributed by atoms with Crippen molar-refractivity contribution < 1.29 is 9.90 Å². The molecule has 0 amide bonds. The normalized spacial score (nSPS) is 12.3. The Kier molecular flexibility index (Phi) is 4.51. The zero-order chi connectivity index (χ0) is 13.7. The van der Waals surface area contributed by atoms with E-state index >= 15 is 0 Å². The minimum Gasteiger partial charge on any atom is -0.480 e. The molecular weight excluding hydrogens is 264 g/mol. The maximum Gasteiger partial charge on any atom is 0.328 e. The quantitative estimate of drug-likeness (QED) is 0.866. The van der Waals surface area contributed by atoms with Crippen LogP contribution in [-0.2, 0) is 4.79 Å². The van der Waals surface area contributed by atoms with E-state index in [0.717, 1.165) is 11.3 Å². The number of carboxylic acid groups (broad SMARTS) is 1. The van der Waals surface area contributed by atoms with Crippen molar-refractivity contribution in [1.29, 1.82) is 0 Å². The fraction of sp³-hybridized carbons (Fsp3) is 0.333. The first-order valence-corrected chi connectivity index (χ1v) is 7.18. The molecule has 1 unspecified atom stereocenters. The number of hydrogen-bond donors (Lipinski definition) is 1. The summed E-state index contributed by atoms with van der Waals surface area (Å²) in [6.07, 6.45) is 2.43. The molecule has 1 N–H and O–H groups in total. The van der Waals surface area contributed by atoms with Crippen molar-refractivity contribution >= 4 is 17.7 Å². The molecule has 0 saturated carbocycles. The number of carboxylic acids is 1. The van der Waals surface area contributed by atoms with E-state index in [4.69, 9.17) is 0 Å². The lowest BCUT2D eigenvalue weighted by atomic mass is 10.2. The summed E-state index contributed by atoms with van der Waals surface area (Å²) in [6.45, 7) is 0. The largest absolute Gasteiger partial charge is 0.480 e. The number of aliphatic carboxylic acids is 1. The molecule has 0 bridgehead atoms. The molecule has 0 fully saturated rings. The average Bonchev–Trinajstić information content (AvgIpc) is 2.89. The zero-order valence-electron chi connectivity index (χ0n) is 10.4. The first kappa shape index (κ1) is 13.5. The van der Waals surface area contributed by atoms with Gasteiger partial charge in [0.1, 0.15) is 0 Å². The summed E-state index contributed by atoms with van der Waals surface area (Å²) in [5, 5.41) is 20.7. The standard InChI is InChI=1S/C12H14N4O2S/c1-19-8-7-10(12(17)18)16-11(13-14-15-16)9-5-3-2-4-6-9/h2-6,10H,7-8H2,1H3,(H,17,18). The van der Waals surface area contributed by atoms with Crippen LogP contribution >= 0.6 is 11.8 Å². The lowest BCUT2D eigenvalue weighted by Crippen LogP contribution is -2.22. The van der Waals surface area contributed by atoms with Gasteiger partial charge in [-0.25, -0.2) is 9.48 Å². The smallest absolute Gasteiger partial charge is 0.328 e. The molecular formula is C12H14N4O2S. The number of tetrazole rings is 1. The second kappa shape index (κ2) is 6.33. The maximum absolute atomic E-state index is 11.4. The van der Waals surface area contributed by atoms with Crippen LogP contribution in [0.5, 0.6) is 0 Å². The van der Waals surface area contributed by atoms with Crippen LogP contribution in [0.2, 0.25) is 0 Å². The van der Waals surface area contributed by atoms with Crippen LogP contribution < -0.4 is 0 Å². The van der Waals surface area contributed by atoms with Crippen molar-refractivity contribution in [3.05, 3.63) is 30.3 Å². The molecule has 6 nitrogen and oxygen atoms in total. The molecule has 1 aromatic heterocycles. The second-order valence-electron chi connectivity index (χ2n) is 3.95. The first-order chi connectivity index (χ1) is 9.24. The molecule has 0 spiro atoms. The molecule has 0 aliphatic heterocycles. The number of aromatic nitrogens is 4. The Morgan fingerprint density at radius 2 is 2.16 bits per heavy atom. The minimum atomic E-state index is -0.918. The summed E-state index contributed by atoms with van der Waals surface area (Å²) >= 11 is 1.60. The molecule has 19 heavy (non-hydrogen) atoms. The summed E-state index contributed by atoms with van der Waals surface area (Å²) in [7, 11) is 0. The number of rotatable bonds is 6. The van der Waals surface area contributed by atoms with Crippen LogP contribution in [0.3, 0.4) is 0 Å². The third kappa shape index (κ3) is 3.11. The average molecular weight is 278 g/mol. The Morgan fingerprint density at radius 1 is 1.42 bits per heavy atom. The summed E-state index contributed by atoms with van der Waals surface area (Å²) < 4.78 is 1.38. The minimum absolute atomic E-state index is 0.481. The van der Waals surface area contributed by atoms with E-state index in [9.17, 15) is 9.90 Å². The van der Waals surface area contributed by atoms with Gasteiger partial charge in [0.25, 0.3) is 0 Å². The van der Waals surface area contributed by atoms with Crippen LogP contribution in [0.25, 0.3) is 11.4 Å². The molecule has 2 rings (SSSR count). The predicted molar refractivity (Wildman–Crippen MR) is 72.9 cm³/mol. The van der Waals surface area contributed by atoms with Gasteiger partial charge in [-0.2, -0.15) is 11.8 Å². The van der Waals surface area contributed by atoms with Crippen LogP contribution in [0.4, 0.5) is 0 Å². The van der Waals surface area contributed by atoms with Gasteiger partial charge in [0.05, 0.1) is 0 Å². The Labute approximate surface area is 114 Å². The van der Waals surface area contributed by atoms with Crippen LogP contribution in [0.1, 0.15) is 12.5 Å². The molecule has 100 valence electrons. The summed E-state index contributed by atoms with van der Waals surface area (Å²) in [4.78, 5) is 11.4. The Bertz CT molecular complexity index is 544. The monoisotopic (exact) mass is 278 g/mol. The van der Waals surface area contributed by atoms with Gasteiger partial charge in [-0.05, 0) is 28.9 Å². The Balaban J connectivity index is 2.34. The van der Waals surface area contributed by atoms with Crippen molar-refractivity contribution in [1.82, 2.24) is 20.2 Å². The highest BCUT2D eigenvalue weighted by Gasteiger charge is 2.24. The summed E-state index contributed by atoms with van der Waals surface area (Å²) in [5.41, 5.74) is 0.808. The van der Waals surface area contributed by atoms with E-state index in [2.05, 4.69) is 15.5 Å². The molecule has 0 saturated heterocycles. The zero-order valence-corrected chi connectivity index (χ0v) is 11.2. The van der Waals surface area contributed by atoms with Crippen molar-refractivity contribution in [3.8, 4) is 11.4 Å². The maximum atomic E-state index is 11.4. The lowest BCUT2D eigenvalue weighted by Gasteiger charge is -2.13. The fourth-order valence-corrected chi connectivity index (χ4v) is 2.22. The summed E-state index contributed by atoms with van der Waals surface area (Å²) in [6, 6.07) is 8.60. The second-order valence-corrected chi connectivity index (χ2v) is 4.93. The van der Waals surface area contributed by atoms with Gasteiger partial charge in [-0.1, -0.05) is 30.3 Å². The summed E-state index contributed by atoms with van der Waals surface area (Å²) in [5.74, 6) is 0.304. The Morgan fingerprint density at radius 3 is 2.79 bits per heavy atom.